The first kappa shape index (κ1) is 30.2. The van der Waals surface area contributed by atoms with Crippen LogP contribution in [0.15, 0.2) is 42.5 Å². The zero-order chi connectivity index (χ0) is 29.5. The Morgan fingerprint density at radius 1 is 0.976 bits per heavy atom. The Balaban J connectivity index is 1.41. The molecular formula is C31H39Cl2N3O4S. The van der Waals surface area contributed by atoms with Crippen LogP contribution in [0.3, 0.4) is 0 Å². The van der Waals surface area contributed by atoms with E-state index in [-0.39, 0.29) is 17.9 Å². The highest BCUT2D eigenvalue weighted by molar-refractivity contribution is 7.92. The predicted molar refractivity (Wildman–Crippen MR) is 164 cm³/mol. The van der Waals surface area contributed by atoms with Crippen LogP contribution < -0.4 is 9.62 Å². The maximum Gasteiger partial charge on any atom is 0.244 e. The number of carbonyl (C=O) groups excluding carboxylic acids is 2. The standard InChI is InChI=1S/C31H39Cl2N3O4S/c1-4-28(30(38)34-2)35(18-20-5-10-26(32)27(33)14-20)29(37)19-36(41(3,39)40)25-8-6-24(7-9-25)31-15-21-11-22(16-31)13-23(12-21)17-31/h5-10,14,21-23,28H,4,11-13,15-19H2,1-3H3,(H,34,38)/t21?,22?,23?,28-,31?/m0/s1. The van der Waals surface area contributed by atoms with Crippen LogP contribution in [0.5, 0.6) is 0 Å². The largest absolute Gasteiger partial charge is 0.357 e. The number of hydrogen-bond donors (Lipinski definition) is 1. The average Bonchev–Trinajstić information content (AvgIpc) is 2.92. The van der Waals surface area contributed by atoms with E-state index < -0.39 is 28.5 Å². The maximum absolute atomic E-state index is 13.8. The fourth-order valence-electron chi connectivity index (χ4n) is 7.98. The number of nitrogens with one attached hydrogen (secondary N) is 1. The van der Waals surface area contributed by atoms with Crippen molar-refractivity contribution in [2.24, 2.45) is 17.8 Å². The Labute approximate surface area is 253 Å². The molecule has 4 aliphatic rings. The molecule has 2 aromatic rings. The molecule has 2 amide bonds. The van der Waals surface area contributed by atoms with E-state index in [1.807, 2.05) is 19.1 Å². The lowest BCUT2D eigenvalue weighted by Crippen LogP contribution is -2.51. The highest BCUT2D eigenvalue weighted by Gasteiger charge is 2.51. The van der Waals surface area contributed by atoms with Crippen LogP contribution in [-0.4, -0.2) is 51.0 Å². The molecule has 1 N–H and O–H groups in total. The Bertz CT molecular complexity index is 1380. The minimum absolute atomic E-state index is 0.0736. The van der Waals surface area contributed by atoms with E-state index in [0.29, 0.717) is 27.7 Å². The van der Waals surface area contributed by atoms with Crippen molar-refractivity contribution in [3.63, 3.8) is 0 Å². The van der Waals surface area contributed by atoms with Crippen molar-refractivity contribution < 1.29 is 18.0 Å². The van der Waals surface area contributed by atoms with Gasteiger partial charge in [-0.15, -0.1) is 0 Å². The van der Waals surface area contributed by atoms with Gasteiger partial charge in [-0.05, 0) is 104 Å². The molecular weight excluding hydrogens is 581 g/mol. The monoisotopic (exact) mass is 619 g/mol. The summed E-state index contributed by atoms with van der Waals surface area (Å²) in [4.78, 5) is 28.0. The summed E-state index contributed by atoms with van der Waals surface area (Å²) in [6.07, 6.45) is 9.17. The number of carbonyl (C=O) groups is 2. The molecule has 0 aliphatic heterocycles. The van der Waals surface area contributed by atoms with Crippen LogP contribution in [0.25, 0.3) is 0 Å². The van der Waals surface area contributed by atoms with Crippen LogP contribution in [0, 0.1) is 17.8 Å². The van der Waals surface area contributed by atoms with Gasteiger partial charge in [-0.1, -0.05) is 48.3 Å². The fourth-order valence-corrected chi connectivity index (χ4v) is 9.15. The van der Waals surface area contributed by atoms with E-state index in [1.54, 1.807) is 18.2 Å². The van der Waals surface area contributed by atoms with E-state index in [1.165, 1.54) is 56.0 Å². The van der Waals surface area contributed by atoms with E-state index >= 15 is 0 Å². The summed E-state index contributed by atoms with van der Waals surface area (Å²) >= 11 is 12.3. The van der Waals surface area contributed by atoms with Gasteiger partial charge < -0.3 is 10.2 Å². The quantitative estimate of drug-likeness (QED) is 0.365. The van der Waals surface area contributed by atoms with Crippen molar-refractivity contribution in [1.82, 2.24) is 10.2 Å². The second-order valence-electron chi connectivity index (χ2n) is 12.3. The lowest BCUT2D eigenvalue weighted by Gasteiger charge is -2.57. The van der Waals surface area contributed by atoms with Crippen molar-refractivity contribution in [1.29, 1.82) is 0 Å². The Hall–Kier alpha value is -2.29. The first-order valence-electron chi connectivity index (χ1n) is 14.5. The minimum Gasteiger partial charge on any atom is -0.357 e. The Morgan fingerprint density at radius 2 is 1.56 bits per heavy atom. The molecule has 7 nitrogen and oxygen atoms in total. The van der Waals surface area contributed by atoms with Crippen LogP contribution >= 0.6 is 23.2 Å². The molecule has 6 rings (SSSR count). The predicted octanol–water partition coefficient (Wildman–Crippen LogP) is 5.78. The van der Waals surface area contributed by atoms with Crippen molar-refractivity contribution in [2.75, 3.05) is 24.2 Å². The van der Waals surface area contributed by atoms with Crippen LogP contribution in [0.4, 0.5) is 5.69 Å². The molecule has 0 unspecified atom stereocenters. The normalized spacial score (nSPS) is 25.5. The molecule has 4 bridgehead atoms. The number of benzene rings is 2. The Kier molecular flexibility index (Phi) is 8.66. The van der Waals surface area contributed by atoms with Gasteiger partial charge in [-0.3, -0.25) is 13.9 Å². The highest BCUT2D eigenvalue weighted by Crippen LogP contribution is 2.60. The SMILES string of the molecule is CC[C@@H](C(=O)NC)N(Cc1ccc(Cl)c(Cl)c1)C(=O)CN(c1ccc(C23CC4CC(CC(C4)C2)C3)cc1)S(C)(=O)=O. The zero-order valence-corrected chi connectivity index (χ0v) is 26.2. The summed E-state index contributed by atoms with van der Waals surface area (Å²) in [7, 11) is -2.29. The molecule has 2 aromatic carbocycles. The maximum atomic E-state index is 13.8. The zero-order valence-electron chi connectivity index (χ0n) is 23.9. The lowest BCUT2D eigenvalue weighted by molar-refractivity contribution is -0.140. The lowest BCUT2D eigenvalue weighted by atomic mass is 9.48. The van der Waals surface area contributed by atoms with Crippen molar-refractivity contribution in [2.45, 2.75) is 69.9 Å². The molecule has 4 saturated carbocycles. The highest BCUT2D eigenvalue weighted by atomic mass is 35.5. The molecule has 0 radical (unpaired) electrons. The van der Waals surface area contributed by atoms with Crippen molar-refractivity contribution >= 4 is 50.7 Å². The molecule has 0 saturated heterocycles. The molecule has 0 aromatic heterocycles. The summed E-state index contributed by atoms with van der Waals surface area (Å²) in [5.74, 6) is 1.60. The van der Waals surface area contributed by atoms with Crippen molar-refractivity contribution in [3.8, 4) is 0 Å². The van der Waals surface area contributed by atoms with E-state index in [2.05, 4.69) is 17.4 Å². The van der Waals surface area contributed by atoms with Crippen LogP contribution in [0.2, 0.25) is 10.0 Å². The average molecular weight is 621 g/mol. The van der Waals surface area contributed by atoms with E-state index in [9.17, 15) is 18.0 Å². The van der Waals surface area contributed by atoms with Gasteiger partial charge in [0.15, 0.2) is 0 Å². The molecule has 10 heteroatoms. The summed E-state index contributed by atoms with van der Waals surface area (Å²) in [5, 5.41) is 3.34. The number of anilines is 1. The number of rotatable bonds is 10. The summed E-state index contributed by atoms with van der Waals surface area (Å²) < 4.78 is 27.2. The number of nitrogens with zero attached hydrogens (tertiary/aromatic N) is 2. The number of likely N-dealkylation sites (N-methyl/N-ethyl adjacent to an activating group) is 1. The third-order valence-corrected chi connectivity index (χ3v) is 11.3. The number of sulfonamides is 1. The van der Waals surface area contributed by atoms with Crippen LogP contribution in [-0.2, 0) is 31.6 Å². The van der Waals surface area contributed by atoms with E-state index in [4.69, 9.17) is 23.2 Å². The molecule has 41 heavy (non-hydrogen) atoms. The van der Waals surface area contributed by atoms with Gasteiger partial charge in [0.25, 0.3) is 0 Å². The number of amides is 2. The van der Waals surface area contributed by atoms with Gasteiger partial charge in [0.2, 0.25) is 21.8 Å². The topological polar surface area (TPSA) is 86.8 Å². The van der Waals surface area contributed by atoms with Gasteiger partial charge in [0.1, 0.15) is 12.6 Å². The summed E-state index contributed by atoms with van der Waals surface area (Å²) in [6.45, 7) is 1.46. The second-order valence-corrected chi connectivity index (χ2v) is 15.0. The molecule has 0 heterocycles. The van der Waals surface area contributed by atoms with Crippen LogP contribution in [0.1, 0.15) is 63.0 Å². The Morgan fingerprint density at radius 3 is 2.05 bits per heavy atom. The first-order chi connectivity index (χ1) is 19.4. The summed E-state index contributed by atoms with van der Waals surface area (Å²) in [5.41, 5.74) is 2.60. The minimum atomic E-state index is -3.80. The second kappa shape index (κ2) is 11.8. The van der Waals surface area contributed by atoms with Gasteiger partial charge >= 0.3 is 0 Å². The van der Waals surface area contributed by atoms with Gasteiger partial charge in [0, 0.05) is 13.6 Å². The van der Waals surface area contributed by atoms with Gasteiger partial charge in [0.05, 0.1) is 22.0 Å². The third kappa shape index (κ3) is 6.25. The number of halogens is 2. The van der Waals surface area contributed by atoms with Gasteiger partial charge in [-0.25, -0.2) is 8.42 Å². The van der Waals surface area contributed by atoms with Crippen molar-refractivity contribution in [3.05, 3.63) is 63.6 Å². The number of hydrogen-bond acceptors (Lipinski definition) is 4. The molecule has 222 valence electrons. The summed E-state index contributed by atoms with van der Waals surface area (Å²) in [6, 6.07) is 12.0. The smallest absolute Gasteiger partial charge is 0.244 e. The molecule has 0 spiro atoms. The van der Waals surface area contributed by atoms with Gasteiger partial charge in [-0.2, -0.15) is 0 Å². The molecule has 1 atom stereocenters. The van der Waals surface area contributed by atoms with E-state index in [0.717, 1.165) is 28.3 Å². The molecule has 4 fully saturated rings. The third-order valence-electron chi connectivity index (χ3n) is 9.45. The fraction of sp³-hybridized carbons (Fsp3) is 0.548. The first-order valence-corrected chi connectivity index (χ1v) is 17.1. The molecule has 4 aliphatic carbocycles.